The summed E-state index contributed by atoms with van der Waals surface area (Å²) in [5, 5.41) is 0. The van der Waals surface area contributed by atoms with Crippen LogP contribution in [0.2, 0.25) is 0 Å². The summed E-state index contributed by atoms with van der Waals surface area (Å²) >= 11 is 0. The molecule has 158 valence electrons. The van der Waals surface area contributed by atoms with Crippen molar-refractivity contribution in [1.82, 2.24) is 0 Å². The van der Waals surface area contributed by atoms with Crippen LogP contribution in [0, 0.1) is 27.7 Å². The highest BCUT2D eigenvalue weighted by Gasteiger charge is 2.17. The molecule has 0 spiro atoms. The van der Waals surface area contributed by atoms with E-state index in [1.807, 2.05) is 38.1 Å². The minimum Gasteiger partial charge on any atom is -0.496 e. The maximum absolute atomic E-state index is 5.68. The Balaban J connectivity index is 2.22. The van der Waals surface area contributed by atoms with E-state index in [0.717, 1.165) is 67.5 Å². The molecule has 0 heterocycles. The van der Waals surface area contributed by atoms with E-state index in [-0.39, 0.29) is 0 Å². The highest BCUT2D eigenvalue weighted by Crippen LogP contribution is 2.42. The molecule has 0 aliphatic rings. The lowest BCUT2D eigenvalue weighted by atomic mass is 9.90. The van der Waals surface area contributed by atoms with E-state index >= 15 is 0 Å². The van der Waals surface area contributed by atoms with Crippen molar-refractivity contribution in [3.8, 4) is 45.3 Å². The van der Waals surface area contributed by atoms with Crippen LogP contribution < -0.4 is 18.9 Å². The van der Waals surface area contributed by atoms with E-state index in [0.29, 0.717) is 0 Å². The van der Waals surface area contributed by atoms with Gasteiger partial charge < -0.3 is 18.9 Å². The van der Waals surface area contributed by atoms with E-state index in [1.54, 1.807) is 28.4 Å². The standard InChI is InChI=1S/C26H30O4/c1-15-9-20(22-14-24(28-6)18(4)12-26(22)30-8)16(2)10-19(15)21-13-23(27-5)17(3)11-25(21)29-7/h9-14H,1-8H3. The lowest BCUT2D eigenvalue weighted by molar-refractivity contribution is 0.401. The predicted octanol–water partition coefficient (Wildman–Crippen LogP) is 6.29. The first-order chi connectivity index (χ1) is 14.3. The number of methoxy groups -OCH3 is 4. The van der Waals surface area contributed by atoms with Gasteiger partial charge in [-0.1, -0.05) is 12.1 Å². The van der Waals surface area contributed by atoms with Crippen LogP contribution in [0.4, 0.5) is 0 Å². The average Bonchev–Trinajstić information content (AvgIpc) is 2.74. The van der Waals surface area contributed by atoms with E-state index in [9.17, 15) is 0 Å². The molecule has 3 aromatic carbocycles. The van der Waals surface area contributed by atoms with Crippen molar-refractivity contribution in [2.45, 2.75) is 27.7 Å². The first-order valence-corrected chi connectivity index (χ1v) is 9.91. The molecule has 3 rings (SSSR count). The van der Waals surface area contributed by atoms with Gasteiger partial charge in [-0.3, -0.25) is 0 Å². The molecule has 0 fully saturated rings. The maximum Gasteiger partial charge on any atom is 0.127 e. The van der Waals surface area contributed by atoms with Gasteiger partial charge >= 0.3 is 0 Å². The van der Waals surface area contributed by atoms with Crippen LogP contribution in [-0.4, -0.2) is 28.4 Å². The molecule has 0 aliphatic carbocycles. The Morgan fingerprint density at radius 2 is 0.700 bits per heavy atom. The third kappa shape index (κ3) is 3.82. The van der Waals surface area contributed by atoms with Gasteiger partial charge in [-0.2, -0.15) is 0 Å². The molecule has 0 bridgehead atoms. The van der Waals surface area contributed by atoms with Crippen molar-refractivity contribution in [2.24, 2.45) is 0 Å². The molecule has 3 aromatic rings. The van der Waals surface area contributed by atoms with Gasteiger partial charge in [-0.05, 0) is 85.3 Å². The summed E-state index contributed by atoms with van der Waals surface area (Å²) in [7, 11) is 6.78. The van der Waals surface area contributed by atoms with Gasteiger partial charge in [0.05, 0.1) is 28.4 Å². The third-order valence-electron chi connectivity index (χ3n) is 5.59. The second kappa shape index (κ2) is 8.70. The lowest BCUT2D eigenvalue weighted by Gasteiger charge is -2.19. The summed E-state index contributed by atoms with van der Waals surface area (Å²) in [6.07, 6.45) is 0. The molecule has 0 N–H and O–H groups in total. The molecule has 4 heteroatoms. The van der Waals surface area contributed by atoms with Crippen LogP contribution in [0.1, 0.15) is 22.3 Å². The molecule has 0 saturated carbocycles. The topological polar surface area (TPSA) is 36.9 Å². The number of rotatable bonds is 6. The van der Waals surface area contributed by atoms with Gasteiger partial charge in [0.15, 0.2) is 0 Å². The van der Waals surface area contributed by atoms with Crippen LogP contribution in [-0.2, 0) is 0 Å². The molecule has 30 heavy (non-hydrogen) atoms. The van der Waals surface area contributed by atoms with Crippen molar-refractivity contribution >= 4 is 0 Å². The molecule has 0 radical (unpaired) electrons. The molecular weight excluding hydrogens is 376 g/mol. The fourth-order valence-electron chi connectivity index (χ4n) is 3.92. The minimum atomic E-state index is 0.832. The van der Waals surface area contributed by atoms with E-state index in [4.69, 9.17) is 18.9 Å². The number of ether oxygens (including phenoxy) is 4. The Morgan fingerprint density at radius 1 is 0.367 bits per heavy atom. The molecule has 0 unspecified atom stereocenters. The normalized spacial score (nSPS) is 10.7. The van der Waals surface area contributed by atoms with E-state index in [2.05, 4.69) is 26.0 Å². The number of benzene rings is 3. The zero-order chi connectivity index (χ0) is 22.0. The van der Waals surface area contributed by atoms with E-state index in [1.165, 1.54) is 0 Å². The van der Waals surface area contributed by atoms with Crippen molar-refractivity contribution in [1.29, 1.82) is 0 Å². The monoisotopic (exact) mass is 406 g/mol. The van der Waals surface area contributed by atoms with Crippen LogP contribution in [0.25, 0.3) is 22.3 Å². The van der Waals surface area contributed by atoms with Gasteiger partial charge in [-0.15, -0.1) is 0 Å². The Bertz CT molecular complexity index is 996. The fraction of sp³-hybridized carbons (Fsp3) is 0.308. The first-order valence-electron chi connectivity index (χ1n) is 9.91. The lowest BCUT2D eigenvalue weighted by Crippen LogP contribution is -1.98. The molecule has 4 nitrogen and oxygen atoms in total. The third-order valence-corrected chi connectivity index (χ3v) is 5.59. The van der Waals surface area contributed by atoms with Gasteiger partial charge in [0.25, 0.3) is 0 Å². The molecule has 0 aliphatic heterocycles. The Labute approximate surface area is 179 Å². The molecule has 0 aromatic heterocycles. The van der Waals surface area contributed by atoms with Crippen molar-refractivity contribution < 1.29 is 18.9 Å². The van der Waals surface area contributed by atoms with Crippen LogP contribution >= 0.6 is 0 Å². The summed E-state index contributed by atoms with van der Waals surface area (Å²) in [4.78, 5) is 0. The van der Waals surface area contributed by atoms with Gasteiger partial charge in [0.1, 0.15) is 23.0 Å². The van der Waals surface area contributed by atoms with Gasteiger partial charge in [0.2, 0.25) is 0 Å². The molecule has 0 atom stereocenters. The van der Waals surface area contributed by atoms with Crippen molar-refractivity contribution in [3.05, 3.63) is 58.7 Å². The number of hydrogen-bond acceptors (Lipinski definition) is 4. The minimum absolute atomic E-state index is 0.832. The number of aryl methyl sites for hydroxylation is 4. The summed E-state index contributed by atoms with van der Waals surface area (Å²) in [6, 6.07) is 12.5. The molecular formula is C26H30O4. The van der Waals surface area contributed by atoms with Crippen LogP contribution in [0.5, 0.6) is 23.0 Å². The largest absolute Gasteiger partial charge is 0.496 e. The first kappa shape index (κ1) is 21.6. The summed E-state index contributed by atoms with van der Waals surface area (Å²) in [5.41, 5.74) is 8.62. The van der Waals surface area contributed by atoms with Crippen molar-refractivity contribution in [3.63, 3.8) is 0 Å². The second-order valence-electron chi connectivity index (χ2n) is 7.53. The second-order valence-corrected chi connectivity index (χ2v) is 7.53. The molecule has 0 saturated heterocycles. The number of hydrogen-bond donors (Lipinski definition) is 0. The predicted molar refractivity (Wildman–Crippen MR) is 122 cm³/mol. The summed E-state index contributed by atoms with van der Waals surface area (Å²) in [5.74, 6) is 3.35. The average molecular weight is 407 g/mol. The van der Waals surface area contributed by atoms with Gasteiger partial charge in [-0.25, -0.2) is 0 Å². The Hall–Kier alpha value is -3.14. The quantitative estimate of drug-likeness (QED) is 0.482. The Kier molecular flexibility index (Phi) is 6.25. The van der Waals surface area contributed by atoms with Crippen LogP contribution in [0.3, 0.4) is 0 Å². The van der Waals surface area contributed by atoms with E-state index < -0.39 is 0 Å². The fourth-order valence-corrected chi connectivity index (χ4v) is 3.92. The summed E-state index contributed by atoms with van der Waals surface area (Å²) < 4.78 is 22.5. The smallest absolute Gasteiger partial charge is 0.127 e. The zero-order valence-corrected chi connectivity index (χ0v) is 19.1. The Morgan fingerprint density at radius 3 is 1.00 bits per heavy atom. The highest BCUT2D eigenvalue weighted by atomic mass is 16.5. The van der Waals surface area contributed by atoms with Crippen molar-refractivity contribution in [2.75, 3.05) is 28.4 Å². The molecule has 0 amide bonds. The van der Waals surface area contributed by atoms with Crippen LogP contribution in [0.15, 0.2) is 36.4 Å². The van der Waals surface area contributed by atoms with Gasteiger partial charge in [0, 0.05) is 11.1 Å². The zero-order valence-electron chi connectivity index (χ0n) is 19.1. The maximum atomic E-state index is 5.68. The summed E-state index contributed by atoms with van der Waals surface area (Å²) in [6.45, 7) is 8.26. The SMILES string of the molecule is COc1cc(-c2cc(C)c(-c3cc(OC)c(C)cc3OC)cc2C)c(OC)cc1C. The highest BCUT2D eigenvalue weighted by molar-refractivity contribution is 5.82.